The maximum Gasteiger partial charge on any atom is 0.267 e. The minimum Gasteiger partial charge on any atom is -0.497 e. The van der Waals surface area contributed by atoms with E-state index in [9.17, 15) is 4.79 Å². The molecule has 1 aliphatic carbocycles. The van der Waals surface area contributed by atoms with E-state index in [-0.39, 0.29) is 11.0 Å². The summed E-state index contributed by atoms with van der Waals surface area (Å²) in [6, 6.07) is 7.65. The zero-order chi connectivity index (χ0) is 20.8. The van der Waals surface area contributed by atoms with Crippen LogP contribution in [0.4, 0.5) is 0 Å². The Morgan fingerprint density at radius 2 is 2.00 bits per heavy atom. The van der Waals surface area contributed by atoms with E-state index < -0.39 is 0 Å². The third-order valence-electron chi connectivity index (χ3n) is 5.88. The van der Waals surface area contributed by atoms with Crippen LogP contribution in [0.5, 0.6) is 5.75 Å². The quantitative estimate of drug-likeness (QED) is 0.394. The van der Waals surface area contributed by atoms with Gasteiger partial charge >= 0.3 is 0 Å². The molecule has 4 nitrogen and oxygen atoms in total. The van der Waals surface area contributed by atoms with Crippen LogP contribution in [0.1, 0.15) is 44.6 Å². The van der Waals surface area contributed by atoms with E-state index >= 15 is 0 Å². The van der Waals surface area contributed by atoms with Gasteiger partial charge in [-0.05, 0) is 66.2 Å². The van der Waals surface area contributed by atoms with Crippen LogP contribution in [-0.2, 0) is 12.8 Å². The van der Waals surface area contributed by atoms with Crippen molar-refractivity contribution in [3.63, 3.8) is 0 Å². The van der Waals surface area contributed by atoms with Crippen LogP contribution in [0.3, 0.4) is 0 Å². The Hall–Kier alpha value is -1.79. The molecular formula is C23H28N2O2S2. The van der Waals surface area contributed by atoms with Crippen molar-refractivity contribution in [1.82, 2.24) is 9.55 Å². The highest BCUT2D eigenvalue weighted by molar-refractivity contribution is 7.99. The molecular weight excluding hydrogens is 400 g/mol. The second-order valence-electron chi connectivity index (χ2n) is 8.66. The number of methoxy groups -OCH3 is 1. The topological polar surface area (TPSA) is 44.1 Å². The molecule has 154 valence electrons. The smallest absolute Gasteiger partial charge is 0.267 e. The minimum atomic E-state index is 0.0582. The van der Waals surface area contributed by atoms with Gasteiger partial charge in [-0.15, -0.1) is 11.3 Å². The minimum absolute atomic E-state index is 0.0582. The number of fused-ring (bicyclic) bond motifs is 3. The van der Waals surface area contributed by atoms with Crippen LogP contribution in [0, 0.1) is 11.3 Å². The fourth-order valence-corrected chi connectivity index (χ4v) is 6.21. The highest BCUT2D eigenvalue weighted by Crippen LogP contribution is 2.42. The average molecular weight is 429 g/mol. The second-order valence-corrected chi connectivity index (χ2v) is 11.0. The van der Waals surface area contributed by atoms with E-state index in [0.717, 1.165) is 51.8 Å². The number of thiophene rings is 1. The zero-order valence-corrected chi connectivity index (χ0v) is 19.4. The maximum atomic E-state index is 13.7. The number of benzene rings is 1. The van der Waals surface area contributed by atoms with Crippen LogP contribution >= 0.6 is 23.1 Å². The SMILES string of the molecule is CCSc1nc2sc3c(c2c(=O)n1-c1ccc(OC)cc1)CC[C@@H](C(C)(C)C)C3. The lowest BCUT2D eigenvalue weighted by atomic mass is 9.72. The first kappa shape index (κ1) is 20.5. The molecule has 4 rings (SSSR count). The van der Waals surface area contributed by atoms with Crippen molar-refractivity contribution in [3.05, 3.63) is 45.1 Å². The monoisotopic (exact) mass is 428 g/mol. The lowest BCUT2D eigenvalue weighted by Gasteiger charge is -2.33. The lowest BCUT2D eigenvalue weighted by Crippen LogP contribution is -2.27. The molecule has 0 unspecified atom stereocenters. The largest absolute Gasteiger partial charge is 0.497 e. The van der Waals surface area contributed by atoms with E-state index in [1.54, 1.807) is 34.8 Å². The summed E-state index contributed by atoms with van der Waals surface area (Å²) in [5, 5.41) is 1.59. The Kier molecular flexibility index (Phi) is 5.51. The summed E-state index contributed by atoms with van der Waals surface area (Å²) in [5.41, 5.74) is 2.42. The molecule has 1 atom stereocenters. The Balaban J connectivity index is 1.89. The van der Waals surface area contributed by atoms with Gasteiger partial charge in [0.15, 0.2) is 5.16 Å². The molecule has 29 heavy (non-hydrogen) atoms. The molecule has 3 aromatic rings. The van der Waals surface area contributed by atoms with Crippen LogP contribution in [0.15, 0.2) is 34.2 Å². The zero-order valence-electron chi connectivity index (χ0n) is 17.7. The van der Waals surface area contributed by atoms with Crippen LogP contribution in [-0.4, -0.2) is 22.4 Å². The Labute approximate surface area is 180 Å². The molecule has 0 N–H and O–H groups in total. The Morgan fingerprint density at radius 1 is 1.28 bits per heavy atom. The van der Waals surface area contributed by atoms with Crippen molar-refractivity contribution in [2.75, 3.05) is 12.9 Å². The summed E-state index contributed by atoms with van der Waals surface area (Å²) in [4.78, 5) is 20.9. The van der Waals surface area contributed by atoms with Crippen molar-refractivity contribution in [2.45, 2.75) is 52.1 Å². The van der Waals surface area contributed by atoms with E-state index in [1.165, 1.54) is 10.4 Å². The van der Waals surface area contributed by atoms with Gasteiger partial charge in [-0.25, -0.2) is 4.98 Å². The molecule has 0 amide bonds. The van der Waals surface area contributed by atoms with Gasteiger partial charge in [-0.2, -0.15) is 0 Å². The first-order valence-electron chi connectivity index (χ1n) is 10.2. The maximum absolute atomic E-state index is 13.7. The van der Waals surface area contributed by atoms with Gasteiger partial charge in [0.25, 0.3) is 5.56 Å². The molecule has 0 saturated carbocycles. The number of aryl methyl sites for hydroxylation is 1. The second kappa shape index (κ2) is 7.80. The number of thioether (sulfide) groups is 1. The van der Waals surface area contributed by atoms with Gasteiger partial charge in [0, 0.05) is 4.88 Å². The molecule has 2 aromatic heterocycles. The fourth-order valence-electron chi connectivity index (χ4n) is 4.13. The number of nitrogens with zero attached hydrogens (tertiary/aromatic N) is 2. The van der Waals surface area contributed by atoms with Crippen LogP contribution in [0.25, 0.3) is 15.9 Å². The van der Waals surface area contributed by atoms with E-state index in [1.807, 2.05) is 24.3 Å². The molecule has 0 spiro atoms. The number of hydrogen-bond acceptors (Lipinski definition) is 5. The van der Waals surface area contributed by atoms with Gasteiger partial charge in [-0.1, -0.05) is 39.5 Å². The number of aromatic nitrogens is 2. The summed E-state index contributed by atoms with van der Waals surface area (Å²) < 4.78 is 7.05. The van der Waals surface area contributed by atoms with E-state index in [4.69, 9.17) is 9.72 Å². The Morgan fingerprint density at radius 3 is 2.62 bits per heavy atom. The van der Waals surface area contributed by atoms with E-state index in [0.29, 0.717) is 5.92 Å². The summed E-state index contributed by atoms with van der Waals surface area (Å²) >= 11 is 3.34. The lowest BCUT2D eigenvalue weighted by molar-refractivity contribution is 0.218. The first-order chi connectivity index (χ1) is 13.8. The molecule has 6 heteroatoms. The third kappa shape index (κ3) is 3.73. The van der Waals surface area contributed by atoms with Crippen molar-refractivity contribution in [2.24, 2.45) is 11.3 Å². The summed E-state index contributed by atoms with van der Waals surface area (Å²) in [7, 11) is 1.65. The standard InChI is InChI=1S/C23H28N2O2S2/c1-6-28-22-24-20-19(17-12-7-14(23(2,3)4)13-18(17)29-20)21(26)25(22)15-8-10-16(27-5)11-9-15/h8-11,14H,6-7,12-13H2,1-5H3/t14-/m1/s1. The molecule has 0 bridgehead atoms. The average Bonchev–Trinajstić information content (AvgIpc) is 3.05. The van der Waals surface area contributed by atoms with Crippen molar-refractivity contribution < 1.29 is 4.74 Å². The molecule has 0 fully saturated rings. The predicted molar refractivity (Wildman–Crippen MR) is 123 cm³/mol. The van der Waals surface area contributed by atoms with Crippen molar-refractivity contribution in [3.8, 4) is 11.4 Å². The third-order valence-corrected chi connectivity index (χ3v) is 7.85. The van der Waals surface area contributed by atoms with Crippen LogP contribution < -0.4 is 10.3 Å². The van der Waals surface area contributed by atoms with Gasteiger partial charge in [-0.3, -0.25) is 9.36 Å². The summed E-state index contributed by atoms with van der Waals surface area (Å²) in [6.07, 6.45) is 3.16. The number of rotatable bonds is 4. The normalized spacial score (nSPS) is 16.8. The summed E-state index contributed by atoms with van der Waals surface area (Å²) in [6.45, 7) is 9.05. The van der Waals surface area contributed by atoms with Gasteiger partial charge < -0.3 is 4.74 Å². The summed E-state index contributed by atoms with van der Waals surface area (Å²) in [5.74, 6) is 2.30. The van der Waals surface area contributed by atoms with E-state index in [2.05, 4.69) is 27.7 Å². The highest BCUT2D eigenvalue weighted by atomic mass is 32.2. The molecule has 1 aromatic carbocycles. The predicted octanol–water partition coefficient (Wildman–Crippen LogP) is 5.72. The molecule has 1 aliphatic rings. The molecule has 0 radical (unpaired) electrons. The fraction of sp³-hybridized carbons (Fsp3) is 0.478. The van der Waals surface area contributed by atoms with Crippen molar-refractivity contribution >= 4 is 33.3 Å². The molecule has 0 aliphatic heterocycles. The van der Waals surface area contributed by atoms with Gasteiger partial charge in [0.2, 0.25) is 0 Å². The number of ether oxygens (including phenoxy) is 1. The van der Waals surface area contributed by atoms with Gasteiger partial charge in [0.05, 0.1) is 18.2 Å². The highest BCUT2D eigenvalue weighted by Gasteiger charge is 2.32. The Bertz CT molecular complexity index is 1090. The molecule has 2 heterocycles. The first-order valence-corrected chi connectivity index (χ1v) is 12.0. The number of hydrogen-bond donors (Lipinski definition) is 0. The van der Waals surface area contributed by atoms with Crippen molar-refractivity contribution in [1.29, 1.82) is 0 Å². The van der Waals surface area contributed by atoms with Gasteiger partial charge in [0.1, 0.15) is 10.6 Å². The van der Waals surface area contributed by atoms with Crippen LogP contribution in [0.2, 0.25) is 0 Å². The molecule has 0 saturated heterocycles.